The molecule has 158 valence electrons. The van der Waals surface area contributed by atoms with Crippen LogP contribution in [0.25, 0.3) is 22.3 Å². The summed E-state index contributed by atoms with van der Waals surface area (Å²) in [4.78, 5) is 30.1. The summed E-state index contributed by atoms with van der Waals surface area (Å²) in [5, 5.41) is 4.47. The summed E-state index contributed by atoms with van der Waals surface area (Å²) in [5.74, 6) is 1.42. The highest BCUT2D eigenvalue weighted by molar-refractivity contribution is 5.77. The molecule has 8 nitrogen and oxygen atoms in total. The Labute approximate surface area is 178 Å². The molecule has 0 fully saturated rings. The lowest BCUT2D eigenvalue weighted by molar-refractivity contribution is 0.242. The van der Waals surface area contributed by atoms with E-state index in [2.05, 4.69) is 16.7 Å². The molecule has 0 saturated carbocycles. The molecule has 0 bridgehead atoms. The minimum Gasteiger partial charge on any atom is -0.491 e. The van der Waals surface area contributed by atoms with E-state index < -0.39 is 5.69 Å². The van der Waals surface area contributed by atoms with E-state index in [9.17, 15) is 9.59 Å². The van der Waals surface area contributed by atoms with Crippen LogP contribution in [0.15, 0.2) is 75.3 Å². The second-order valence-electron chi connectivity index (χ2n) is 7.29. The largest absolute Gasteiger partial charge is 0.491 e. The van der Waals surface area contributed by atoms with Crippen molar-refractivity contribution in [3.63, 3.8) is 0 Å². The molecule has 4 aromatic rings. The highest BCUT2D eigenvalue weighted by Crippen LogP contribution is 2.21. The molecule has 2 aromatic heterocycles. The van der Waals surface area contributed by atoms with Gasteiger partial charge >= 0.3 is 5.69 Å². The van der Waals surface area contributed by atoms with E-state index in [0.29, 0.717) is 16.7 Å². The molecule has 4 rings (SSSR count). The van der Waals surface area contributed by atoms with Crippen LogP contribution in [0.2, 0.25) is 0 Å². The molecule has 2 heterocycles. The van der Waals surface area contributed by atoms with Gasteiger partial charge < -0.3 is 9.26 Å². The van der Waals surface area contributed by atoms with E-state index in [1.807, 2.05) is 38.1 Å². The highest BCUT2D eigenvalue weighted by Gasteiger charge is 2.16. The fraction of sp³-hybridized carbons (Fsp3) is 0.217. The molecule has 0 spiro atoms. The lowest BCUT2D eigenvalue weighted by atomic mass is 10.2. The summed E-state index contributed by atoms with van der Waals surface area (Å²) >= 11 is 0. The third-order valence-corrected chi connectivity index (χ3v) is 4.69. The lowest BCUT2D eigenvalue weighted by Crippen LogP contribution is -2.40. The number of hydrogen-bond donors (Lipinski definition) is 0. The van der Waals surface area contributed by atoms with E-state index in [4.69, 9.17) is 9.26 Å². The van der Waals surface area contributed by atoms with Crippen LogP contribution in [0, 0.1) is 0 Å². The van der Waals surface area contributed by atoms with Gasteiger partial charge in [0.2, 0.25) is 11.7 Å². The van der Waals surface area contributed by atoms with E-state index in [-0.39, 0.29) is 30.6 Å². The number of hydrogen-bond acceptors (Lipinski definition) is 6. The molecule has 0 atom stereocenters. The molecule has 0 aliphatic rings. The predicted octanol–water partition coefficient (Wildman–Crippen LogP) is 3.23. The van der Waals surface area contributed by atoms with Gasteiger partial charge in [-0.3, -0.25) is 13.9 Å². The van der Waals surface area contributed by atoms with E-state index in [0.717, 1.165) is 15.9 Å². The number of nitrogens with zero attached hydrogens (tertiary/aromatic N) is 4. The van der Waals surface area contributed by atoms with Crippen LogP contribution >= 0.6 is 0 Å². The zero-order valence-electron chi connectivity index (χ0n) is 17.3. The van der Waals surface area contributed by atoms with Crippen molar-refractivity contribution in [2.75, 3.05) is 0 Å². The molecule has 0 unspecified atom stereocenters. The first-order valence-electron chi connectivity index (χ1n) is 9.91. The Morgan fingerprint density at radius 2 is 1.84 bits per heavy atom. The van der Waals surface area contributed by atoms with Crippen molar-refractivity contribution in [3.05, 3.63) is 87.9 Å². The van der Waals surface area contributed by atoms with Crippen LogP contribution in [-0.2, 0) is 13.1 Å². The molecular weight excluding hydrogens is 396 g/mol. The van der Waals surface area contributed by atoms with Gasteiger partial charge in [-0.25, -0.2) is 4.79 Å². The number of aromatic nitrogens is 4. The number of benzene rings is 2. The molecular formula is C23H22N4O4. The molecule has 8 heteroatoms. The van der Waals surface area contributed by atoms with Crippen LogP contribution in [0.1, 0.15) is 19.7 Å². The zero-order valence-corrected chi connectivity index (χ0v) is 17.3. The van der Waals surface area contributed by atoms with Gasteiger partial charge in [0.25, 0.3) is 5.56 Å². The third kappa shape index (κ3) is 4.05. The van der Waals surface area contributed by atoms with Gasteiger partial charge in [0, 0.05) is 12.1 Å². The van der Waals surface area contributed by atoms with Gasteiger partial charge in [-0.15, -0.1) is 6.58 Å². The van der Waals surface area contributed by atoms with E-state index in [1.165, 1.54) is 10.6 Å². The summed E-state index contributed by atoms with van der Waals surface area (Å²) in [6.07, 6.45) is 1.60. The maximum Gasteiger partial charge on any atom is 0.332 e. The number of ether oxygens (including phenoxy) is 1. The van der Waals surface area contributed by atoms with Crippen LogP contribution < -0.4 is 16.0 Å². The first kappa shape index (κ1) is 20.3. The first-order chi connectivity index (χ1) is 15.0. The second-order valence-corrected chi connectivity index (χ2v) is 7.29. The smallest absolute Gasteiger partial charge is 0.332 e. The first-order valence-corrected chi connectivity index (χ1v) is 9.91. The molecule has 0 N–H and O–H groups in total. The van der Waals surface area contributed by atoms with Crippen molar-refractivity contribution in [3.8, 4) is 17.1 Å². The van der Waals surface area contributed by atoms with E-state index >= 15 is 0 Å². The van der Waals surface area contributed by atoms with Crippen LogP contribution in [0.4, 0.5) is 0 Å². The quantitative estimate of drug-likeness (QED) is 0.428. The van der Waals surface area contributed by atoms with E-state index in [1.54, 1.807) is 24.3 Å². The topological polar surface area (TPSA) is 92.2 Å². The fourth-order valence-corrected chi connectivity index (χ4v) is 3.34. The Balaban J connectivity index is 1.70. The Morgan fingerprint density at radius 3 is 2.55 bits per heavy atom. The van der Waals surface area contributed by atoms with Gasteiger partial charge in [0.05, 0.1) is 17.0 Å². The standard InChI is InChI=1S/C23H22N4O4/c1-4-13-26-22(28)18-7-5-6-8-19(18)27(23(26)29)14-20-24-21(25-31-20)16-9-11-17(12-10-16)30-15(2)3/h4-12,15H,1,13-14H2,2-3H3. The molecule has 31 heavy (non-hydrogen) atoms. The number of allylic oxidation sites excluding steroid dienone is 1. The van der Waals surface area contributed by atoms with Gasteiger partial charge in [-0.1, -0.05) is 23.4 Å². The summed E-state index contributed by atoms with van der Waals surface area (Å²) < 4.78 is 13.6. The molecule has 0 radical (unpaired) electrons. The molecule has 2 aromatic carbocycles. The normalized spacial score (nSPS) is 11.2. The summed E-state index contributed by atoms with van der Waals surface area (Å²) in [5.41, 5.74) is 0.456. The zero-order chi connectivity index (χ0) is 22.0. The third-order valence-electron chi connectivity index (χ3n) is 4.69. The van der Waals surface area contributed by atoms with Crippen molar-refractivity contribution in [2.24, 2.45) is 0 Å². The lowest BCUT2D eigenvalue weighted by Gasteiger charge is -2.11. The van der Waals surface area contributed by atoms with Gasteiger partial charge in [0.15, 0.2) is 0 Å². The Morgan fingerprint density at radius 1 is 1.10 bits per heavy atom. The number of rotatable bonds is 7. The van der Waals surface area contributed by atoms with Gasteiger partial charge in [-0.05, 0) is 50.2 Å². The maximum atomic E-state index is 13.0. The molecule has 0 saturated heterocycles. The number of fused-ring (bicyclic) bond motifs is 1. The molecule has 0 aliphatic carbocycles. The van der Waals surface area contributed by atoms with Crippen molar-refractivity contribution >= 4 is 10.9 Å². The summed E-state index contributed by atoms with van der Waals surface area (Å²) in [6.45, 7) is 7.71. The van der Waals surface area contributed by atoms with Crippen LogP contribution in [-0.4, -0.2) is 25.4 Å². The van der Waals surface area contributed by atoms with Gasteiger partial charge in [0.1, 0.15) is 12.3 Å². The minimum absolute atomic E-state index is 0.0400. The molecule has 0 aliphatic heterocycles. The summed E-state index contributed by atoms with van der Waals surface area (Å²) in [7, 11) is 0. The fourth-order valence-electron chi connectivity index (χ4n) is 3.34. The molecule has 0 amide bonds. The van der Waals surface area contributed by atoms with Crippen molar-refractivity contribution in [1.82, 2.24) is 19.3 Å². The maximum absolute atomic E-state index is 13.0. The minimum atomic E-state index is -0.460. The Hall–Kier alpha value is -3.94. The Bertz CT molecular complexity index is 1350. The second kappa shape index (κ2) is 8.43. The van der Waals surface area contributed by atoms with Crippen molar-refractivity contribution in [1.29, 1.82) is 0 Å². The van der Waals surface area contributed by atoms with Crippen LogP contribution in [0.3, 0.4) is 0 Å². The van der Waals surface area contributed by atoms with Gasteiger partial charge in [-0.2, -0.15) is 4.98 Å². The van der Waals surface area contributed by atoms with Crippen molar-refractivity contribution in [2.45, 2.75) is 33.0 Å². The average Bonchev–Trinajstić information content (AvgIpc) is 3.23. The SMILES string of the molecule is C=CCn1c(=O)c2ccccc2n(Cc2nc(-c3ccc(OC(C)C)cc3)no2)c1=O. The average molecular weight is 418 g/mol. The Kier molecular flexibility index (Phi) is 5.53. The monoisotopic (exact) mass is 418 g/mol. The number of para-hydroxylation sites is 1. The van der Waals surface area contributed by atoms with Crippen LogP contribution in [0.5, 0.6) is 5.75 Å². The van der Waals surface area contributed by atoms with Crippen molar-refractivity contribution < 1.29 is 9.26 Å². The highest BCUT2D eigenvalue weighted by atomic mass is 16.5. The summed E-state index contributed by atoms with van der Waals surface area (Å²) in [6, 6.07) is 14.3. The predicted molar refractivity (Wildman–Crippen MR) is 117 cm³/mol.